The fourth-order valence-corrected chi connectivity index (χ4v) is 5.04. The number of carboxylic acid groups (broad SMARTS) is 1. The minimum atomic E-state index is -0.968. The fraction of sp³-hybridized carbons (Fsp3) is 0.556. The van der Waals surface area contributed by atoms with Crippen LogP contribution in [0.4, 0.5) is 0 Å². The van der Waals surface area contributed by atoms with E-state index in [0.29, 0.717) is 6.42 Å². The standard InChI is InChI=1S/C27H36O4/c1-2-3-5-8-21-11-13-24(14-12-21)27(31-26(30)16-15-25(28)29)19-17-23(18-20-27)22-9-6-4-7-10-22/h4,6-7,9-10,17-19,21,24H,2-3,5,8,11-16,20H2,1H3,(H,28,29). The molecule has 2 aliphatic rings. The maximum Gasteiger partial charge on any atom is 0.307 e. The minimum absolute atomic E-state index is 0.0768. The average molecular weight is 425 g/mol. The molecule has 1 saturated carbocycles. The monoisotopic (exact) mass is 424 g/mol. The molecule has 3 rings (SSSR count). The van der Waals surface area contributed by atoms with Gasteiger partial charge in [-0.25, -0.2) is 0 Å². The molecular formula is C27H36O4. The average Bonchev–Trinajstić information content (AvgIpc) is 2.79. The Morgan fingerprint density at radius 3 is 2.42 bits per heavy atom. The molecule has 0 radical (unpaired) electrons. The van der Waals surface area contributed by atoms with Crippen LogP contribution in [0.1, 0.15) is 83.1 Å². The highest BCUT2D eigenvalue weighted by molar-refractivity contribution is 5.78. The number of ether oxygens (including phenoxy) is 1. The Balaban J connectivity index is 1.69. The minimum Gasteiger partial charge on any atom is -0.481 e. The van der Waals surface area contributed by atoms with Crippen molar-refractivity contribution in [3.8, 4) is 0 Å². The summed E-state index contributed by atoms with van der Waals surface area (Å²) in [5, 5.41) is 8.93. The number of hydrogen-bond acceptors (Lipinski definition) is 3. The zero-order valence-electron chi connectivity index (χ0n) is 18.7. The van der Waals surface area contributed by atoms with Gasteiger partial charge < -0.3 is 9.84 Å². The Hall–Kier alpha value is -2.36. The number of aliphatic carboxylic acids is 1. The van der Waals surface area contributed by atoms with Gasteiger partial charge in [-0.3, -0.25) is 9.59 Å². The Morgan fingerprint density at radius 1 is 1.06 bits per heavy atom. The summed E-state index contributed by atoms with van der Waals surface area (Å²) in [7, 11) is 0. The van der Waals surface area contributed by atoms with Gasteiger partial charge in [-0.1, -0.05) is 87.9 Å². The number of carbonyl (C=O) groups excluding carboxylic acids is 1. The molecule has 1 unspecified atom stereocenters. The first kappa shape index (κ1) is 23.3. The molecule has 0 amide bonds. The number of allylic oxidation sites excluding steroid dienone is 2. The molecule has 1 aromatic carbocycles. The van der Waals surface area contributed by atoms with Crippen LogP contribution in [0.15, 0.2) is 48.6 Å². The smallest absolute Gasteiger partial charge is 0.307 e. The van der Waals surface area contributed by atoms with Gasteiger partial charge in [0.05, 0.1) is 12.8 Å². The molecule has 0 heterocycles. The van der Waals surface area contributed by atoms with Crippen molar-refractivity contribution in [2.75, 3.05) is 0 Å². The van der Waals surface area contributed by atoms with Crippen LogP contribution >= 0.6 is 0 Å². The van der Waals surface area contributed by atoms with Crippen molar-refractivity contribution in [2.24, 2.45) is 11.8 Å². The molecule has 2 aliphatic carbocycles. The van der Waals surface area contributed by atoms with Crippen molar-refractivity contribution in [3.05, 3.63) is 54.1 Å². The lowest BCUT2D eigenvalue weighted by Crippen LogP contribution is -2.43. The molecular weight excluding hydrogens is 388 g/mol. The van der Waals surface area contributed by atoms with Crippen LogP contribution in [-0.4, -0.2) is 22.6 Å². The predicted octanol–water partition coefficient (Wildman–Crippen LogP) is 6.56. The molecule has 1 atom stereocenters. The molecule has 168 valence electrons. The topological polar surface area (TPSA) is 63.6 Å². The highest BCUT2D eigenvalue weighted by Crippen LogP contribution is 2.44. The molecule has 0 saturated heterocycles. The maximum atomic E-state index is 12.5. The second kappa shape index (κ2) is 11.3. The first-order valence-corrected chi connectivity index (χ1v) is 11.9. The lowest BCUT2D eigenvalue weighted by atomic mass is 9.69. The first-order valence-electron chi connectivity index (χ1n) is 11.9. The van der Waals surface area contributed by atoms with E-state index in [1.807, 2.05) is 18.2 Å². The Bertz CT molecular complexity index is 787. The SMILES string of the molecule is CCCCCC1CCC(C2(OC(=O)CCC(=O)O)C=CC(c3ccccc3)=CC2)CC1. The van der Waals surface area contributed by atoms with Crippen LogP contribution < -0.4 is 0 Å². The molecule has 1 N–H and O–H groups in total. The predicted molar refractivity (Wildman–Crippen MR) is 123 cm³/mol. The van der Waals surface area contributed by atoms with Crippen molar-refractivity contribution < 1.29 is 19.4 Å². The van der Waals surface area contributed by atoms with Crippen LogP contribution in [0.3, 0.4) is 0 Å². The van der Waals surface area contributed by atoms with Crippen LogP contribution in [-0.2, 0) is 14.3 Å². The number of carboxylic acids is 1. The Labute approximate surface area is 186 Å². The van der Waals surface area contributed by atoms with Crippen molar-refractivity contribution in [1.29, 1.82) is 0 Å². The van der Waals surface area contributed by atoms with Crippen LogP contribution in [0.5, 0.6) is 0 Å². The molecule has 1 aromatic rings. The lowest BCUT2D eigenvalue weighted by molar-refractivity contribution is -0.163. The molecule has 0 spiro atoms. The third-order valence-corrected chi connectivity index (χ3v) is 6.89. The fourth-order valence-electron chi connectivity index (χ4n) is 5.04. The maximum absolute atomic E-state index is 12.5. The summed E-state index contributed by atoms with van der Waals surface area (Å²) in [5.74, 6) is -0.309. The Kier molecular flexibility index (Phi) is 8.51. The molecule has 0 aliphatic heterocycles. The van der Waals surface area contributed by atoms with E-state index in [0.717, 1.165) is 29.9 Å². The van der Waals surface area contributed by atoms with E-state index in [4.69, 9.17) is 9.84 Å². The van der Waals surface area contributed by atoms with Crippen molar-refractivity contribution in [1.82, 2.24) is 0 Å². The molecule has 4 heteroatoms. The van der Waals surface area contributed by atoms with Gasteiger partial charge in [0, 0.05) is 12.3 Å². The largest absolute Gasteiger partial charge is 0.481 e. The van der Waals surface area contributed by atoms with E-state index >= 15 is 0 Å². The molecule has 4 nitrogen and oxygen atoms in total. The summed E-state index contributed by atoms with van der Waals surface area (Å²) < 4.78 is 6.05. The van der Waals surface area contributed by atoms with Crippen molar-refractivity contribution in [2.45, 2.75) is 83.2 Å². The van der Waals surface area contributed by atoms with Gasteiger partial charge in [0.1, 0.15) is 5.60 Å². The van der Waals surface area contributed by atoms with Crippen molar-refractivity contribution in [3.63, 3.8) is 0 Å². The zero-order chi connectivity index (χ0) is 22.1. The molecule has 0 bridgehead atoms. The van der Waals surface area contributed by atoms with Gasteiger partial charge in [-0.15, -0.1) is 0 Å². The van der Waals surface area contributed by atoms with E-state index in [9.17, 15) is 9.59 Å². The third kappa shape index (κ3) is 6.56. The normalized spacial score (nSPS) is 25.6. The summed E-state index contributed by atoms with van der Waals surface area (Å²) in [5.41, 5.74) is 1.65. The number of carbonyl (C=O) groups is 2. The first-order chi connectivity index (χ1) is 15.0. The molecule has 31 heavy (non-hydrogen) atoms. The van der Waals surface area contributed by atoms with Gasteiger partial charge >= 0.3 is 11.9 Å². The van der Waals surface area contributed by atoms with Crippen LogP contribution in [0.2, 0.25) is 0 Å². The molecule has 0 aromatic heterocycles. The highest BCUT2D eigenvalue weighted by Gasteiger charge is 2.42. The van der Waals surface area contributed by atoms with E-state index < -0.39 is 17.5 Å². The number of benzene rings is 1. The highest BCUT2D eigenvalue weighted by atomic mass is 16.6. The summed E-state index contributed by atoms with van der Waals surface area (Å²) >= 11 is 0. The van der Waals surface area contributed by atoms with E-state index in [2.05, 4.69) is 37.3 Å². The van der Waals surface area contributed by atoms with Gasteiger partial charge in [0.2, 0.25) is 0 Å². The lowest BCUT2D eigenvalue weighted by Gasteiger charge is -2.42. The summed E-state index contributed by atoms with van der Waals surface area (Å²) in [6.07, 6.45) is 16.4. The van der Waals surface area contributed by atoms with E-state index in [-0.39, 0.29) is 18.8 Å². The van der Waals surface area contributed by atoms with Crippen molar-refractivity contribution >= 4 is 17.5 Å². The van der Waals surface area contributed by atoms with Crippen LogP contribution in [0, 0.1) is 11.8 Å². The number of esters is 1. The third-order valence-electron chi connectivity index (χ3n) is 6.89. The second-order valence-corrected chi connectivity index (χ2v) is 9.10. The van der Waals surface area contributed by atoms with E-state index in [1.165, 1.54) is 38.5 Å². The summed E-state index contributed by atoms with van der Waals surface area (Å²) in [4.78, 5) is 23.4. The van der Waals surface area contributed by atoms with Gasteiger partial charge in [-0.05, 0) is 36.0 Å². The number of hydrogen-bond donors (Lipinski definition) is 1. The summed E-state index contributed by atoms with van der Waals surface area (Å²) in [6, 6.07) is 10.2. The second-order valence-electron chi connectivity index (χ2n) is 9.10. The Morgan fingerprint density at radius 2 is 1.81 bits per heavy atom. The zero-order valence-corrected chi connectivity index (χ0v) is 18.7. The van der Waals surface area contributed by atoms with Gasteiger partial charge in [0.15, 0.2) is 0 Å². The molecule has 1 fully saturated rings. The van der Waals surface area contributed by atoms with Crippen LogP contribution in [0.25, 0.3) is 5.57 Å². The quantitative estimate of drug-likeness (QED) is 0.341. The van der Waals surface area contributed by atoms with Gasteiger partial charge in [0.25, 0.3) is 0 Å². The number of rotatable bonds is 10. The number of unbranched alkanes of at least 4 members (excludes halogenated alkanes) is 2. The van der Waals surface area contributed by atoms with E-state index in [1.54, 1.807) is 0 Å². The van der Waals surface area contributed by atoms with Gasteiger partial charge in [-0.2, -0.15) is 0 Å². The summed E-state index contributed by atoms with van der Waals surface area (Å²) in [6.45, 7) is 2.24.